The summed E-state index contributed by atoms with van der Waals surface area (Å²) in [4.78, 5) is 4.52. The van der Waals surface area contributed by atoms with E-state index in [1.165, 1.54) is 0 Å². The van der Waals surface area contributed by atoms with Crippen molar-refractivity contribution in [3.8, 4) is 5.69 Å². The van der Waals surface area contributed by atoms with E-state index in [9.17, 15) is 0 Å². The van der Waals surface area contributed by atoms with E-state index in [0.29, 0.717) is 15.9 Å². The molecule has 3 aromatic rings. The van der Waals surface area contributed by atoms with Crippen molar-refractivity contribution in [3.05, 3.63) is 56.7 Å². The Hall–Kier alpha value is -0.740. The molecule has 0 spiro atoms. The third kappa shape index (κ3) is 2.44. The van der Waals surface area contributed by atoms with Crippen LogP contribution in [-0.2, 0) is 5.88 Å². The van der Waals surface area contributed by atoms with Gasteiger partial charge in [-0.15, -0.1) is 11.6 Å². The van der Waals surface area contributed by atoms with Crippen molar-refractivity contribution in [2.24, 2.45) is 0 Å². The second kappa shape index (κ2) is 5.57. The molecule has 3 rings (SSSR count). The van der Waals surface area contributed by atoms with Gasteiger partial charge in [0.25, 0.3) is 0 Å². The first-order valence-electron chi connectivity index (χ1n) is 5.78. The molecule has 0 fully saturated rings. The molecule has 0 aliphatic carbocycles. The largest absolute Gasteiger partial charge is 0.294 e. The van der Waals surface area contributed by atoms with Crippen molar-refractivity contribution in [2.45, 2.75) is 5.88 Å². The van der Waals surface area contributed by atoms with Crippen molar-refractivity contribution in [2.75, 3.05) is 0 Å². The van der Waals surface area contributed by atoms with Crippen LogP contribution in [0.1, 0.15) is 5.82 Å². The normalized spacial score (nSPS) is 11.2. The van der Waals surface area contributed by atoms with E-state index in [1.54, 1.807) is 0 Å². The Balaban J connectivity index is 2.37. The molecule has 0 unspecified atom stereocenters. The highest BCUT2D eigenvalue weighted by atomic mass is 79.9. The van der Waals surface area contributed by atoms with Crippen LogP contribution in [0.2, 0.25) is 10.0 Å². The van der Waals surface area contributed by atoms with Crippen LogP contribution in [0.3, 0.4) is 0 Å². The highest BCUT2D eigenvalue weighted by Crippen LogP contribution is 2.31. The van der Waals surface area contributed by atoms with Gasteiger partial charge < -0.3 is 0 Å². The Bertz CT molecular complexity index is 798. The lowest BCUT2D eigenvalue weighted by molar-refractivity contribution is 0.977. The molecular formula is C14H8BrCl3N2. The summed E-state index contributed by atoms with van der Waals surface area (Å²) in [5.74, 6) is 1.04. The molecule has 20 heavy (non-hydrogen) atoms. The van der Waals surface area contributed by atoms with Gasteiger partial charge in [0.15, 0.2) is 0 Å². The number of hydrogen-bond donors (Lipinski definition) is 0. The molecule has 0 atom stereocenters. The maximum absolute atomic E-state index is 6.10. The van der Waals surface area contributed by atoms with Gasteiger partial charge in [-0.3, -0.25) is 4.57 Å². The molecule has 0 N–H and O–H groups in total. The Morgan fingerprint density at radius 2 is 1.75 bits per heavy atom. The molecule has 2 aromatic carbocycles. The van der Waals surface area contributed by atoms with Gasteiger partial charge in [0.2, 0.25) is 0 Å². The SMILES string of the molecule is ClCc1nc2cc(Cl)ccc2n1-c1cc(Cl)ccc1Br. The molecule has 1 heterocycles. The van der Waals surface area contributed by atoms with Crippen LogP contribution in [-0.4, -0.2) is 9.55 Å². The molecule has 102 valence electrons. The predicted octanol–water partition coefficient (Wildman–Crippen LogP) is 5.83. The molecule has 0 aliphatic heterocycles. The van der Waals surface area contributed by atoms with Crippen molar-refractivity contribution < 1.29 is 0 Å². The summed E-state index contributed by atoms with van der Waals surface area (Å²) in [5, 5.41) is 1.30. The number of alkyl halides is 1. The van der Waals surface area contributed by atoms with Crippen LogP contribution in [0.4, 0.5) is 0 Å². The first-order valence-corrected chi connectivity index (χ1v) is 7.87. The molecule has 6 heteroatoms. The molecule has 0 radical (unpaired) electrons. The van der Waals surface area contributed by atoms with E-state index in [-0.39, 0.29) is 0 Å². The van der Waals surface area contributed by atoms with Gasteiger partial charge in [-0.05, 0) is 52.3 Å². The highest BCUT2D eigenvalue weighted by molar-refractivity contribution is 9.10. The predicted molar refractivity (Wildman–Crippen MR) is 88.3 cm³/mol. The number of halogens is 4. The summed E-state index contributed by atoms with van der Waals surface area (Å²) < 4.78 is 2.90. The minimum Gasteiger partial charge on any atom is -0.294 e. The highest BCUT2D eigenvalue weighted by Gasteiger charge is 2.14. The van der Waals surface area contributed by atoms with Crippen molar-refractivity contribution in [3.63, 3.8) is 0 Å². The van der Waals surface area contributed by atoms with E-state index >= 15 is 0 Å². The fourth-order valence-corrected chi connectivity index (χ4v) is 3.05. The Morgan fingerprint density at radius 3 is 2.50 bits per heavy atom. The van der Waals surface area contributed by atoms with Crippen molar-refractivity contribution in [1.82, 2.24) is 9.55 Å². The molecule has 1 aromatic heterocycles. The molecule has 0 saturated carbocycles. The van der Waals surface area contributed by atoms with Crippen molar-refractivity contribution >= 4 is 61.8 Å². The van der Waals surface area contributed by atoms with E-state index in [4.69, 9.17) is 34.8 Å². The average Bonchev–Trinajstić information content (AvgIpc) is 2.78. The smallest absolute Gasteiger partial charge is 0.129 e. The molecule has 0 amide bonds. The lowest BCUT2D eigenvalue weighted by Gasteiger charge is -2.10. The number of imidazole rings is 1. The van der Waals surface area contributed by atoms with E-state index in [2.05, 4.69) is 20.9 Å². The Labute approximate surface area is 139 Å². The van der Waals surface area contributed by atoms with Crippen LogP contribution in [0, 0.1) is 0 Å². The lowest BCUT2D eigenvalue weighted by Crippen LogP contribution is -2.00. The number of nitrogens with zero attached hydrogens (tertiary/aromatic N) is 2. The lowest BCUT2D eigenvalue weighted by atomic mass is 10.2. The van der Waals surface area contributed by atoms with Gasteiger partial charge in [-0.25, -0.2) is 4.98 Å². The van der Waals surface area contributed by atoms with Crippen LogP contribution in [0.5, 0.6) is 0 Å². The molecule has 0 aliphatic rings. The Morgan fingerprint density at radius 1 is 1.05 bits per heavy atom. The van der Waals surface area contributed by atoms with Crippen LogP contribution >= 0.6 is 50.7 Å². The summed E-state index contributed by atoms with van der Waals surface area (Å²) in [7, 11) is 0. The minimum absolute atomic E-state index is 0.297. The first-order chi connectivity index (χ1) is 9.60. The quantitative estimate of drug-likeness (QED) is 0.503. The van der Waals surface area contributed by atoms with Gasteiger partial charge in [0, 0.05) is 14.5 Å². The molecule has 0 saturated heterocycles. The summed E-state index contributed by atoms with van der Waals surface area (Å²) in [5.41, 5.74) is 2.64. The second-order valence-corrected chi connectivity index (χ2v) is 6.22. The van der Waals surface area contributed by atoms with E-state index in [1.807, 2.05) is 41.0 Å². The standard InChI is InChI=1S/C14H8BrCl3N2/c15-10-3-1-9(18)6-13(10)20-12-4-2-8(17)5-11(12)19-14(20)7-16/h1-6H,7H2. The summed E-state index contributed by atoms with van der Waals surface area (Å²) in [6, 6.07) is 11.2. The van der Waals surface area contributed by atoms with Gasteiger partial charge in [-0.1, -0.05) is 23.2 Å². The maximum atomic E-state index is 6.10. The fraction of sp³-hybridized carbons (Fsp3) is 0.0714. The van der Waals surface area contributed by atoms with Gasteiger partial charge in [0.1, 0.15) is 5.82 Å². The van der Waals surface area contributed by atoms with Crippen LogP contribution in [0.15, 0.2) is 40.9 Å². The summed E-state index contributed by atoms with van der Waals surface area (Å²) in [6.07, 6.45) is 0. The minimum atomic E-state index is 0.297. The molecule has 0 bridgehead atoms. The van der Waals surface area contributed by atoms with Gasteiger partial charge in [0.05, 0.1) is 22.6 Å². The average molecular weight is 390 g/mol. The zero-order chi connectivity index (χ0) is 14.3. The monoisotopic (exact) mass is 388 g/mol. The number of fused-ring (bicyclic) bond motifs is 1. The zero-order valence-electron chi connectivity index (χ0n) is 10.1. The van der Waals surface area contributed by atoms with Crippen LogP contribution < -0.4 is 0 Å². The number of benzene rings is 2. The van der Waals surface area contributed by atoms with Crippen LogP contribution in [0.25, 0.3) is 16.7 Å². The third-order valence-corrected chi connectivity index (χ3v) is 4.33. The van der Waals surface area contributed by atoms with E-state index in [0.717, 1.165) is 27.0 Å². The third-order valence-electron chi connectivity index (χ3n) is 2.95. The molecular weight excluding hydrogens is 382 g/mol. The second-order valence-electron chi connectivity index (χ2n) is 4.23. The van der Waals surface area contributed by atoms with Gasteiger partial charge >= 0.3 is 0 Å². The zero-order valence-corrected chi connectivity index (χ0v) is 13.9. The fourth-order valence-electron chi connectivity index (χ4n) is 2.12. The van der Waals surface area contributed by atoms with Gasteiger partial charge in [-0.2, -0.15) is 0 Å². The maximum Gasteiger partial charge on any atom is 0.129 e. The topological polar surface area (TPSA) is 17.8 Å². The summed E-state index contributed by atoms with van der Waals surface area (Å²) >= 11 is 21.7. The number of rotatable bonds is 2. The van der Waals surface area contributed by atoms with Crippen molar-refractivity contribution in [1.29, 1.82) is 0 Å². The first kappa shape index (κ1) is 14.2. The number of aromatic nitrogens is 2. The van der Waals surface area contributed by atoms with E-state index < -0.39 is 0 Å². The Kier molecular flexibility index (Phi) is 3.95. The number of hydrogen-bond acceptors (Lipinski definition) is 1. The summed E-state index contributed by atoms with van der Waals surface area (Å²) in [6.45, 7) is 0. The molecule has 2 nitrogen and oxygen atoms in total.